The van der Waals surface area contributed by atoms with E-state index in [0.717, 1.165) is 20.7 Å². The molecular weight excluding hydrogens is 309 g/mol. The van der Waals surface area contributed by atoms with Gasteiger partial charge in [-0.3, -0.25) is 0 Å². The van der Waals surface area contributed by atoms with Crippen LogP contribution in [0.2, 0.25) is 0 Å². The molecule has 0 radical (unpaired) electrons. The number of nitrogens with zero attached hydrogens (tertiary/aromatic N) is 1. The number of rotatable bonds is 0. The van der Waals surface area contributed by atoms with Gasteiger partial charge in [-0.25, -0.2) is 13.4 Å². The van der Waals surface area contributed by atoms with E-state index in [9.17, 15) is 8.42 Å². The molecule has 0 bridgehead atoms. The van der Waals surface area contributed by atoms with Crippen molar-refractivity contribution < 1.29 is 8.42 Å². The quantitative estimate of drug-likeness (QED) is 0.681. The second-order valence-electron chi connectivity index (χ2n) is 2.62. The smallest absolute Gasteiger partial charge is 0.196 e. The van der Waals surface area contributed by atoms with Crippen LogP contribution in [-0.2, 0) is 16.3 Å². The predicted molar refractivity (Wildman–Crippen MR) is 55.2 cm³/mol. The molecule has 2 rings (SSSR count). The van der Waals surface area contributed by atoms with Crippen LogP contribution in [0.5, 0.6) is 0 Å². The van der Waals surface area contributed by atoms with E-state index in [2.05, 4.69) is 27.6 Å². The Morgan fingerprint density at radius 1 is 1.50 bits per heavy atom. The summed E-state index contributed by atoms with van der Waals surface area (Å²) in [7, 11) is -3.03. The summed E-state index contributed by atoms with van der Waals surface area (Å²) < 4.78 is 23.7. The van der Waals surface area contributed by atoms with E-state index in [4.69, 9.17) is 0 Å². The average Bonchev–Trinajstić information content (AvgIpc) is 2.30. The van der Waals surface area contributed by atoms with Gasteiger partial charge >= 0.3 is 0 Å². The predicted octanol–water partition coefficient (Wildman–Crippen LogP) is 1.47. The maximum absolute atomic E-state index is 11.4. The molecule has 0 unspecified atom stereocenters. The summed E-state index contributed by atoms with van der Waals surface area (Å²) in [6.07, 6.45) is 1.61. The molecule has 1 aromatic rings. The molecule has 1 aliphatic heterocycles. The molecular formula is C6H6INO2S2. The molecule has 0 aromatic carbocycles. The first-order valence-corrected chi connectivity index (χ1v) is 7.02. The van der Waals surface area contributed by atoms with Gasteiger partial charge in [0, 0.05) is 4.88 Å². The van der Waals surface area contributed by atoms with Crippen LogP contribution in [0.15, 0.2) is 5.03 Å². The third-order valence-corrected chi connectivity index (χ3v) is 5.43. The highest BCUT2D eigenvalue weighted by atomic mass is 127. The molecule has 0 N–H and O–H groups in total. The zero-order chi connectivity index (χ0) is 8.77. The second-order valence-corrected chi connectivity index (χ2v) is 7.48. The van der Waals surface area contributed by atoms with Gasteiger partial charge in [0.1, 0.15) is 0 Å². The summed E-state index contributed by atoms with van der Waals surface area (Å²) in [5, 5.41) is 0.336. The number of sulfone groups is 1. The van der Waals surface area contributed by atoms with E-state index < -0.39 is 9.84 Å². The molecule has 1 aromatic heterocycles. The van der Waals surface area contributed by atoms with Gasteiger partial charge in [-0.05, 0) is 35.4 Å². The molecule has 0 spiro atoms. The van der Waals surface area contributed by atoms with E-state index in [1.54, 1.807) is 0 Å². The molecule has 66 valence electrons. The van der Waals surface area contributed by atoms with Crippen molar-refractivity contribution in [3.63, 3.8) is 0 Å². The zero-order valence-electron chi connectivity index (χ0n) is 6.08. The van der Waals surface area contributed by atoms with Crippen LogP contribution in [-0.4, -0.2) is 19.2 Å². The van der Waals surface area contributed by atoms with Crippen molar-refractivity contribution in [2.45, 2.75) is 17.9 Å². The Morgan fingerprint density at radius 2 is 2.25 bits per heavy atom. The normalized spacial score (nSPS) is 20.4. The lowest BCUT2D eigenvalue weighted by Gasteiger charge is -2.08. The SMILES string of the molecule is O=S1(=O)CCCc2sc(I)nc21. The Bertz CT molecular complexity index is 409. The number of fused-ring (bicyclic) bond motifs is 1. The molecule has 0 fully saturated rings. The van der Waals surface area contributed by atoms with Crippen LogP contribution < -0.4 is 0 Å². The summed E-state index contributed by atoms with van der Waals surface area (Å²) in [5.41, 5.74) is 0. The molecule has 2 heterocycles. The van der Waals surface area contributed by atoms with Crippen molar-refractivity contribution in [1.29, 1.82) is 0 Å². The number of aromatic nitrogens is 1. The molecule has 0 aliphatic carbocycles. The van der Waals surface area contributed by atoms with Crippen molar-refractivity contribution in [1.82, 2.24) is 4.98 Å². The highest BCUT2D eigenvalue weighted by molar-refractivity contribution is 14.1. The Morgan fingerprint density at radius 3 is 2.92 bits per heavy atom. The van der Waals surface area contributed by atoms with Gasteiger partial charge < -0.3 is 0 Å². The highest BCUT2D eigenvalue weighted by Crippen LogP contribution is 2.29. The fourth-order valence-corrected chi connectivity index (χ4v) is 5.11. The van der Waals surface area contributed by atoms with Gasteiger partial charge in [-0.1, -0.05) is 0 Å². The molecule has 3 nitrogen and oxygen atoms in total. The van der Waals surface area contributed by atoms with Gasteiger partial charge in [0.05, 0.1) is 5.75 Å². The Labute approximate surface area is 88.3 Å². The number of hydrogen-bond acceptors (Lipinski definition) is 4. The first-order chi connectivity index (χ1) is 5.59. The van der Waals surface area contributed by atoms with Crippen LogP contribution in [0.3, 0.4) is 0 Å². The van der Waals surface area contributed by atoms with E-state index in [-0.39, 0.29) is 5.75 Å². The highest BCUT2D eigenvalue weighted by Gasteiger charge is 2.27. The molecule has 0 amide bonds. The number of halogens is 1. The summed E-state index contributed by atoms with van der Waals surface area (Å²) in [6, 6.07) is 0. The first-order valence-electron chi connectivity index (χ1n) is 3.47. The second kappa shape index (κ2) is 2.91. The van der Waals surface area contributed by atoms with Gasteiger partial charge in [0.15, 0.2) is 17.9 Å². The summed E-state index contributed by atoms with van der Waals surface area (Å²) in [6.45, 7) is 0. The summed E-state index contributed by atoms with van der Waals surface area (Å²) in [4.78, 5) is 4.96. The lowest BCUT2D eigenvalue weighted by molar-refractivity contribution is 0.583. The minimum Gasteiger partial charge on any atom is -0.222 e. The lowest BCUT2D eigenvalue weighted by atomic mass is 10.3. The molecule has 0 saturated heterocycles. The lowest BCUT2D eigenvalue weighted by Crippen LogP contribution is -2.14. The number of aryl methyl sites for hydroxylation is 1. The van der Waals surface area contributed by atoms with Crippen LogP contribution in [0.25, 0.3) is 0 Å². The Kier molecular flexibility index (Phi) is 2.16. The van der Waals surface area contributed by atoms with Crippen LogP contribution in [0.1, 0.15) is 11.3 Å². The fourth-order valence-electron chi connectivity index (χ4n) is 1.23. The number of hydrogen-bond donors (Lipinski definition) is 0. The topological polar surface area (TPSA) is 47.0 Å². The summed E-state index contributed by atoms with van der Waals surface area (Å²) in [5.74, 6) is 0.264. The summed E-state index contributed by atoms with van der Waals surface area (Å²) >= 11 is 3.55. The molecule has 1 aliphatic rings. The maximum atomic E-state index is 11.4. The number of thiazole rings is 1. The minimum atomic E-state index is -3.03. The van der Waals surface area contributed by atoms with Gasteiger partial charge in [0.25, 0.3) is 0 Å². The largest absolute Gasteiger partial charge is 0.222 e. The Balaban J connectivity index is 2.67. The van der Waals surface area contributed by atoms with Crippen LogP contribution >= 0.6 is 33.9 Å². The fraction of sp³-hybridized carbons (Fsp3) is 0.500. The zero-order valence-corrected chi connectivity index (χ0v) is 9.87. The van der Waals surface area contributed by atoms with Crippen LogP contribution in [0, 0.1) is 3.01 Å². The monoisotopic (exact) mass is 315 g/mol. The van der Waals surface area contributed by atoms with Crippen molar-refractivity contribution >= 4 is 43.8 Å². The third-order valence-electron chi connectivity index (χ3n) is 1.75. The van der Waals surface area contributed by atoms with E-state index in [1.807, 2.05) is 0 Å². The Hall–Kier alpha value is 0.310. The van der Waals surface area contributed by atoms with Gasteiger partial charge in [-0.15, -0.1) is 11.3 Å². The first kappa shape index (κ1) is 8.89. The van der Waals surface area contributed by atoms with Crippen molar-refractivity contribution in [2.24, 2.45) is 0 Å². The van der Waals surface area contributed by atoms with Gasteiger partial charge in [-0.2, -0.15) is 0 Å². The standard InChI is InChI=1S/C6H6INO2S2/c7-6-8-5-4(11-6)2-1-3-12(5,9)10/h1-3H2. The molecule has 12 heavy (non-hydrogen) atoms. The third kappa shape index (κ3) is 1.39. The van der Waals surface area contributed by atoms with E-state index >= 15 is 0 Å². The molecule has 0 saturated carbocycles. The van der Waals surface area contributed by atoms with E-state index in [1.165, 1.54) is 11.3 Å². The maximum Gasteiger partial charge on any atom is 0.196 e. The molecule has 6 heteroatoms. The van der Waals surface area contributed by atoms with Crippen LogP contribution in [0.4, 0.5) is 0 Å². The van der Waals surface area contributed by atoms with Crippen molar-refractivity contribution in [2.75, 3.05) is 5.75 Å². The van der Waals surface area contributed by atoms with Crippen molar-refractivity contribution in [3.8, 4) is 0 Å². The molecule has 0 atom stereocenters. The minimum absolute atomic E-state index is 0.264. The van der Waals surface area contributed by atoms with Crippen molar-refractivity contribution in [3.05, 3.63) is 7.89 Å². The van der Waals surface area contributed by atoms with E-state index in [0.29, 0.717) is 5.03 Å². The average molecular weight is 315 g/mol. The van der Waals surface area contributed by atoms with Gasteiger partial charge in [0.2, 0.25) is 0 Å².